The van der Waals surface area contributed by atoms with Gasteiger partial charge in [0.1, 0.15) is 12.3 Å². The Morgan fingerprint density at radius 3 is 2.50 bits per heavy atom. The molecule has 168 valence electrons. The molecule has 3 rings (SSSR count). The fourth-order valence-electron chi connectivity index (χ4n) is 2.64. The van der Waals surface area contributed by atoms with Gasteiger partial charge in [-0.25, -0.2) is 8.42 Å². The number of sulfonamides is 1. The molecule has 2 aromatic carbocycles. The van der Waals surface area contributed by atoms with E-state index in [4.69, 9.17) is 4.74 Å². The van der Waals surface area contributed by atoms with Crippen molar-refractivity contribution in [3.8, 4) is 5.75 Å². The van der Waals surface area contributed by atoms with Gasteiger partial charge in [0.2, 0.25) is 11.0 Å². The maximum atomic E-state index is 13.4. The second kappa shape index (κ2) is 10.6. The highest BCUT2D eigenvalue weighted by Gasteiger charge is 2.27. The van der Waals surface area contributed by atoms with Crippen molar-refractivity contribution in [3.63, 3.8) is 0 Å². The number of benzene rings is 2. The monoisotopic (exact) mass is 490 g/mol. The molecule has 0 atom stereocenters. The number of carbonyl (C=O) groups is 1. The topological polar surface area (TPSA) is 101 Å². The number of thioether (sulfide) groups is 1. The Bertz CT molecular complexity index is 1180. The summed E-state index contributed by atoms with van der Waals surface area (Å²) >= 11 is 2.65. The molecular formula is C21H22N4O4S3. The Balaban J connectivity index is 1.86. The lowest BCUT2D eigenvalue weighted by Gasteiger charge is -2.24. The normalized spacial score (nSPS) is 11.1. The predicted octanol–water partition coefficient (Wildman–Crippen LogP) is 3.97. The first-order valence-corrected chi connectivity index (χ1v) is 12.7. The molecule has 3 aromatic rings. The molecule has 0 radical (unpaired) electrons. The summed E-state index contributed by atoms with van der Waals surface area (Å²) in [5.41, 5.74) is 1.26. The third kappa shape index (κ3) is 5.87. The average molecular weight is 491 g/mol. The van der Waals surface area contributed by atoms with E-state index in [0.29, 0.717) is 26.7 Å². The third-order valence-electron chi connectivity index (χ3n) is 4.23. The molecule has 0 aliphatic heterocycles. The van der Waals surface area contributed by atoms with Crippen LogP contribution in [-0.2, 0) is 14.8 Å². The van der Waals surface area contributed by atoms with Crippen LogP contribution in [0.15, 0.2) is 70.4 Å². The Kier molecular flexibility index (Phi) is 7.89. The predicted molar refractivity (Wildman–Crippen MR) is 128 cm³/mol. The van der Waals surface area contributed by atoms with E-state index in [-0.39, 0.29) is 4.90 Å². The van der Waals surface area contributed by atoms with E-state index in [1.54, 1.807) is 42.5 Å². The summed E-state index contributed by atoms with van der Waals surface area (Å²) in [4.78, 5) is 12.8. The van der Waals surface area contributed by atoms with Crippen LogP contribution in [0.25, 0.3) is 0 Å². The molecule has 0 saturated heterocycles. The number of carbonyl (C=O) groups excluding carboxylic acids is 1. The maximum Gasteiger partial charge on any atom is 0.264 e. The number of amides is 1. The molecule has 8 nitrogen and oxygen atoms in total. The van der Waals surface area contributed by atoms with E-state index < -0.39 is 22.5 Å². The van der Waals surface area contributed by atoms with Gasteiger partial charge in [0, 0.05) is 5.75 Å². The summed E-state index contributed by atoms with van der Waals surface area (Å²) in [6.07, 6.45) is 1.74. The Hall–Kier alpha value is -2.89. The van der Waals surface area contributed by atoms with Crippen LogP contribution in [-0.4, -0.2) is 43.9 Å². The third-order valence-corrected chi connectivity index (χ3v) is 7.99. The molecule has 0 aliphatic rings. The number of hydrogen-bond donors (Lipinski definition) is 1. The van der Waals surface area contributed by atoms with E-state index in [9.17, 15) is 13.2 Å². The van der Waals surface area contributed by atoms with Crippen molar-refractivity contribution < 1.29 is 17.9 Å². The quantitative estimate of drug-likeness (QED) is 0.261. The summed E-state index contributed by atoms with van der Waals surface area (Å²) < 4.78 is 33.7. The van der Waals surface area contributed by atoms with E-state index in [1.165, 1.54) is 42.3 Å². The summed E-state index contributed by atoms with van der Waals surface area (Å²) in [5, 5.41) is 10.9. The standard InChI is InChI=1S/C21H22N4O4S3/c1-4-13-30-21-24-23-20(31-21)22-19(26)14-25(16-7-9-17(29-3)10-8-16)32(27,28)18-11-5-15(2)6-12-18/h4-12H,1,13-14H2,2-3H3,(H,22,23,26). The van der Waals surface area contributed by atoms with E-state index in [1.807, 2.05) is 6.92 Å². The number of nitrogens with zero attached hydrogens (tertiary/aromatic N) is 3. The number of methoxy groups -OCH3 is 1. The SMILES string of the molecule is C=CCSc1nnc(NC(=O)CN(c2ccc(OC)cc2)S(=O)(=O)c2ccc(C)cc2)s1. The number of ether oxygens (including phenoxy) is 1. The summed E-state index contributed by atoms with van der Waals surface area (Å²) in [5.74, 6) is 0.708. The van der Waals surface area contributed by atoms with Crippen LogP contribution in [0.2, 0.25) is 0 Å². The molecule has 1 N–H and O–H groups in total. The number of nitrogens with one attached hydrogen (secondary N) is 1. The lowest BCUT2D eigenvalue weighted by Crippen LogP contribution is -2.38. The molecule has 11 heteroatoms. The van der Waals surface area contributed by atoms with Crippen LogP contribution < -0.4 is 14.4 Å². The fraction of sp³-hybridized carbons (Fsp3) is 0.190. The largest absolute Gasteiger partial charge is 0.497 e. The first-order valence-electron chi connectivity index (χ1n) is 9.44. The number of anilines is 2. The van der Waals surface area contributed by atoms with Crippen LogP contribution in [0, 0.1) is 6.92 Å². The summed E-state index contributed by atoms with van der Waals surface area (Å²) in [7, 11) is -2.48. The Morgan fingerprint density at radius 2 is 1.88 bits per heavy atom. The van der Waals surface area contributed by atoms with Crippen molar-refractivity contribution in [2.24, 2.45) is 0 Å². The Labute approximate surface area is 195 Å². The van der Waals surface area contributed by atoms with E-state index >= 15 is 0 Å². The van der Waals surface area contributed by atoms with Crippen LogP contribution in [0.4, 0.5) is 10.8 Å². The highest BCUT2D eigenvalue weighted by Crippen LogP contribution is 2.27. The van der Waals surface area contributed by atoms with Gasteiger partial charge in [-0.2, -0.15) is 0 Å². The zero-order chi connectivity index (χ0) is 23.1. The minimum Gasteiger partial charge on any atom is -0.497 e. The molecule has 1 amide bonds. The van der Waals surface area contributed by atoms with Gasteiger partial charge in [-0.3, -0.25) is 14.4 Å². The minimum atomic E-state index is -4.00. The molecule has 0 aliphatic carbocycles. The van der Waals surface area contributed by atoms with E-state index in [2.05, 4.69) is 22.1 Å². The van der Waals surface area contributed by atoms with Gasteiger partial charge in [0.05, 0.1) is 17.7 Å². The molecule has 32 heavy (non-hydrogen) atoms. The minimum absolute atomic E-state index is 0.0887. The summed E-state index contributed by atoms with van der Waals surface area (Å²) in [6.45, 7) is 5.09. The highest BCUT2D eigenvalue weighted by molar-refractivity contribution is 8.01. The van der Waals surface area contributed by atoms with Crippen molar-refractivity contribution in [3.05, 3.63) is 66.7 Å². The number of hydrogen-bond acceptors (Lipinski definition) is 8. The molecule has 1 aromatic heterocycles. The van der Waals surface area contributed by atoms with Crippen LogP contribution in [0.1, 0.15) is 5.56 Å². The lowest BCUT2D eigenvalue weighted by atomic mass is 10.2. The fourth-order valence-corrected chi connectivity index (χ4v) is 5.59. The number of aryl methyl sites for hydroxylation is 1. The zero-order valence-electron chi connectivity index (χ0n) is 17.5. The van der Waals surface area contributed by atoms with Crippen LogP contribution in [0.3, 0.4) is 0 Å². The first-order chi connectivity index (χ1) is 15.3. The number of rotatable bonds is 10. The Morgan fingerprint density at radius 1 is 1.19 bits per heavy atom. The molecule has 0 saturated carbocycles. The van der Waals surface area contributed by atoms with Gasteiger partial charge in [0.25, 0.3) is 10.0 Å². The molecule has 0 spiro atoms. The number of aromatic nitrogens is 2. The lowest BCUT2D eigenvalue weighted by molar-refractivity contribution is -0.114. The highest BCUT2D eigenvalue weighted by atomic mass is 32.2. The van der Waals surface area contributed by atoms with Gasteiger partial charge in [-0.1, -0.05) is 46.9 Å². The van der Waals surface area contributed by atoms with Gasteiger partial charge >= 0.3 is 0 Å². The average Bonchev–Trinajstić information content (AvgIpc) is 3.23. The van der Waals surface area contributed by atoms with E-state index in [0.717, 1.165) is 9.87 Å². The van der Waals surface area contributed by atoms with Gasteiger partial charge in [0.15, 0.2) is 4.34 Å². The molecule has 0 fully saturated rings. The second-order valence-electron chi connectivity index (χ2n) is 6.54. The zero-order valence-corrected chi connectivity index (χ0v) is 20.0. The van der Waals surface area contributed by atoms with Gasteiger partial charge in [-0.15, -0.1) is 16.8 Å². The van der Waals surface area contributed by atoms with Crippen molar-refractivity contribution in [1.29, 1.82) is 0 Å². The summed E-state index contributed by atoms with van der Waals surface area (Å²) in [6, 6.07) is 12.9. The molecule has 1 heterocycles. The molecular weight excluding hydrogens is 468 g/mol. The van der Waals surface area contributed by atoms with Crippen molar-refractivity contribution >= 4 is 49.8 Å². The van der Waals surface area contributed by atoms with Gasteiger partial charge in [-0.05, 0) is 43.3 Å². The van der Waals surface area contributed by atoms with Crippen LogP contribution >= 0.6 is 23.1 Å². The van der Waals surface area contributed by atoms with Crippen molar-refractivity contribution in [2.45, 2.75) is 16.2 Å². The molecule has 0 bridgehead atoms. The van der Waals surface area contributed by atoms with Crippen molar-refractivity contribution in [1.82, 2.24) is 10.2 Å². The second-order valence-corrected chi connectivity index (χ2v) is 10.7. The van der Waals surface area contributed by atoms with Crippen molar-refractivity contribution in [2.75, 3.05) is 29.0 Å². The maximum absolute atomic E-state index is 13.4. The van der Waals surface area contributed by atoms with Gasteiger partial charge < -0.3 is 4.74 Å². The van der Waals surface area contributed by atoms with Crippen LogP contribution in [0.5, 0.6) is 5.75 Å². The first kappa shape index (κ1) is 23.8. The molecule has 0 unspecified atom stereocenters. The smallest absolute Gasteiger partial charge is 0.264 e.